The fourth-order valence-corrected chi connectivity index (χ4v) is 1.91. The number of benzene rings is 1. The van der Waals surface area contributed by atoms with Crippen molar-refractivity contribution in [1.29, 1.82) is 0 Å². The molecule has 1 aromatic carbocycles. The van der Waals surface area contributed by atoms with Gasteiger partial charge in [-0.05, 0) is 12.1 Å². The Morgan fingerprint density at radius 2 is 2.18 bits per heavy atom. The molecular formula is C12H9ClN4. The molecule has 3 aromatic rings. The second-order valence-electron chi connectivity index (χ2n) is 3.66. The van der Waals surface area contributed by atoms with Gasteiger partial charge in [-0.15, -0.1) is 16.7 Å². The Kier molecular flexibility index (Phi) is 2.49. The molecular weight excluding hydrogens is 236 g/mol. The van der Waals surface area contributed by atoms with E-state index in [0.717, 1.165) is 22.2 Å². The van der Waals surface area contributed by atoms with Gasteiger partial charge in [-0.25, -0.2) is 4.68 Å². The zero-order valence-corrected chi connectivity index (χ0v) is 9.67. The fraction of sp³-hybridized carbons (Fsp3) is 0.0833. The molecule has 0 atom stereocenters. The minimum Gasteiger partial charge on any atom is -0.264 e. The van der Waals surface area contributed by atoms with Crippen LogP contribution in [0.15, 0.2) is 42.9 Å². The Balaban J connectivity index is 2.23. The van der Waals surface area contributed by atoms with E-state index in [-0.39, 0.29) is 0 Å². The number of pyridine rings is 1. The summed E-state index contributed by atoms with van der Waals surface area (Å²) in [6.45, 7) is 0. The first kappa shape index (κ1) is 10.2. The van der Waals surface area contributed by atoms with Gasteiger partial charge < -0.3 is 0 Å². The summed E-state index contributed by atoms with van der Waals surface area (Å²) in [4.78, 5) is 4.10. The van der Waals surface area contributed by atoms with Gasteiger partial charge in [0.2, 0.25) is 0 Å². The number of fused-ring (bicyclic) bond motifs is 1. The second kappa shape index (κ2) is 4.14. The average molecular weight is 245 g/mol. The third kappa shape index (κ3) is 1.76. The summed E-state index contributed by atoms with van der Waals surface area (Å²) in [5.41, 5.74) is 1.74. The van der Waals surface area contributed by atoms with Gasteiger partial charge >= 0.3 is 0 Å². The third-order valence-electron chi connectivity index (χ3n) is 2.58. The van der Waals surface area contributed by atoms with Crippen LogP contribution in [-0.2, 0) is 5.88 Å². The number of hydrogen-bond donors (Lipinski definition) is 0. The molecule has 0 radical (unpaired) electrons. The van der Waals surface area contributed by atoms with Crippen molar-refractivity contribution < 1.29 is 0 Å². The van der Waals surface area contributed by atoms with Crippen LogP contribution in [0, 0.1) is 0 Å². The van der Waals surface area contributed by atoms with Crippen LogP contribution in [0.25, 0.3) is 16.5 Å². The van der Waals surface area contributed by atoms with Gasteiger partial charge in [0.25, 0.3) is 0 Å². The van der Waals surface area contributed by atoms with Crippen molar-refractivity contribution in [2.24, 2.45) is 0 Å². The Bertz CT molecular complexity index is 657. The summed E-state index contributed by atoms with van der Waals surface area (Å²) in [6, 6.07) is 7.95. The van der Waals surface area contributed by atoms with Crippen molar-refractivity contribution >= 4 is 22.4 Å². The molecule has 2 heterocycles. The van der Waals surface area contributed by atoms with Gasteiger partial charge in [0.1, 0.15) is 0 Å². The summed E-state index contributed by atoms with van der Waals surface area (Å²) in [6.07, 6.45) is 5.44. The van der Waals surface area contributed by atoms with E-state index in [4.69, 9.17) is 11.6 Å². The van der Waals surface area contributed by atoms with Gasteiger partial charge in [0.05, 0.1) is 23.5 Å². The molecule has 0 aliphatic carbocycles. The van der Waals surface area contributed by atoms with Crippen molar-refractivity contribution in [1.82, 2.24) is 20.0 Å². The van der Waals surface area contributed by atoms with Crippen molar-refractivity contribution in [2.45, 2.75) is 5.88 Å². The lowest BCUT2D eigenvalue weighted by atomic mass is 10.1. The molecule has 5 heteroatoms. The van der Waals surface area contributed by atoms with E-state index < -0.39 is 0 Å². The zero-order chi connectivity index (χ0) is 11.7. The van der Waals surface area contributed by atoms with E-state index >= 15 is 0 Å². The van der Waals surface area contributed by atoms with E-state index in [1.807, 2.05) is 36.7 Å². The summed E-state index contributed by atoms with van der Waals surface area (Å²) < 4.78 is 1.74. The van der Waals surface area contributed by atoms with Crippen molar-refractivity contribution in [3.63, 3.8) is 0 Å². The first-order chi connectivity index (χ1) is 8.38. The maximum atomic E-state index is 5.72. The molecule has 17 heavy (non-hydrogen) atoms. The molecule has 0 bridgehead atoms. The summed E-state index contributed by atoms with van der Waals surface area (Å²) in [5, 5.41) is 10.2. The minimum atomic E-state index is 0.367. The topological polar surface area (TPSA) is 43.6 Å². The van der Waals surface area contributed by atoms with Crippen LogP contribution in [0.1, 0.15) is 5.69 Å². The lowest BCUT2D eigenvalue weighted by Gasteiger charge is -2.04. The molecule has 0 spiro atoms. The monoisotopic (exact) mass is 244 g/mol. The van der Waals surface area contributed by atoms with Crippen LogP contribution in [-0.4, -0.2) is 20.0 Å². The van der Waals surface area contributed by atoms with Gasteiger partial charge in [0, 0.05) is 23.2 Å². The van der Waals surface area contributed by atoms with Gasteiger partial charge in [0.15, 0.2) is 0 Å². The lowest BCUT2D eigenvalue weighted by Crippen LogP contribution is -1.96. The van der Waals surface area contributed by atoms with Crippen LogP contribution in [0.2, 0.25) is 0 Å². The molecule has 2 aromatic heterocycles. The third-order valence-corrected chi connectivity index (χ3v) is 2.86. The van der Waals surface area contributed by atoms with E-state index in [0.29, 0.717) is 5.88 Å². The maximum absolute atomic E-state index is 5.72. The van der Waals surface area contributed by atoms with Crippen LogP contribution >= 0.6 is 11.6 Å². The SMILES string of the molecule is ClCc1cn(-c2cccc3cnccc23)nn1. The summed E-state index contributed by atoms with van der Waals surface area (Å²) in [5.74, 6) is 0.367. The molecule has 84 valence electrons. The molecule has 3 rings (SSSR count). The molecule has 0 amide bonds. The summed E-state index contributed by atoms with van der Waals surface area (Å²) >= 11 is 5.72. The molecule has 0 fully saturated rings. The Morgan fingerprint density at radius 1 is 1.24 bits per heavy atom. The number of halogens is 1. The molecule has 4 nitrogen and oxygen atoms in total. The zero-order valence-electron chi connectivity index (χ0n) is 8.92. The molecule has 0 aliphatic heterocycles. The smallest absolute Gasteiger partial charge is 0.0979 e. The van der Waals surface area contributed by atoms with Gasteiger partial charge in [-0.3, -0.25) is 4.98 Å². The molecule has 0 saturated carbocycles. The van der Waals surface area contributed by atoms with Crippen molar-refractivity contribution in [2.75, 3.05) is 0 Å². The molecule has 0 saturated heterocycles. The van der Waals surface area contributed by atoms with Gasteiger partial charge in [-0.2, -0.15) is 0 Å². The first-order valence-corrected chi connectivity index (χ1v) is 5.72. The Hall–Kier alpha value is -1.94. The van der Waals surface area contributed by atoms with E-state index in [1.165, 1.54) is 0 Å². The Morgan fingerprint density at radius 3 is 3.00 bits per heavy atom. The number of alkyl halides is 1. The second-order valence-corrected chi connectivity index (χ2v) is 3.93. The fourth-order valence-electron chi connectivity index (χ4n) is 1.78. The summed E-state index contributed by atoms with van der Waals surface area (Å²) in [7, 11) is 0. The van der Waals surface area contributed by atoms with Crippen LogP contribution in [0.3, 0.4) is 0 Å². The van der Waals surface area contributed by atoms with Crippen LogP contribution in [0.5, 0.6) is 0 Å². The van der Waals surface area contributed by atoms with E-state index in [1.54, 1.807) is 10.9 Å². The van der Waals surface area contributed by atoms with Crippen LogP contribution < -0.4 is 0 Å². The highest BCUT2D eigenvalue weighted by Gasteiger charge is 2.05. The highest BCUT2D eigenvalue weighted by atomic mass is 35.5. The van der Waals surface area contributed by atoms with Crippen LogP contribution in [0.4, 0.5) is 0 Å². The quantitative estimate of drug-likeness (QED) is 0.651. The number of hydrogen-bond acceptors (Lipinski definition) is 3. The largest absolute Gasteiger partial charge is 0.264 e. The average Bonchev–Trinajstić information content (AvgIpc) is 2.87. The molecule has 0 aliphatic rings. The lowest BCUT2D eigenvalue weighted by molar-refractivity contribution is 0.805. The standard InChI is InChI=1S/C12H9ClN4/c13-6-10-8-17(16-15-10)12-3-1-2-9-7-14-5-4-11(9)12/h1-5,7-8H,6H2. The minimum absolute atomic E-state index is 0.367. The molecule has 0 unspecified atom stereocenters. The normalized spacial score (nSPS) is 10.9. The van der Waals surface area contributed by atoms with Crippen molar-refractivity contribution in [3.8, 4) is 5.69 Å². The highest BCUT2D eigenvalue weighted by Crippen LogP contribution is 2.20. The maximum Gasteiger partial charge on any atom is 0.0979 e. The number of nitrogens with zero attached hydrogens (tertiary/aromatic N) is 4. The Labute approximate surface area is 103 Å². The predicted molar refractivity (Wildman–Crippen MR) is 66.2 cm³/mol. The predicted octanol–water partition coefficient (Wildman–Crippen LogP) is 2.55. The van der Waals surface area contributed by atoms with E-state index in [9.17, 15) is 0 Å². The first-order valence-electron chi connectivity index (χ1n) is 5.19. The van der Waals surface area contributed by atoms with Gasteiger partial charge in [-0.1, -0.05) is 17.3 Å². The van der Waals surface area contributed by atoms with E-state index in [2.05, 4.69) is 15.3 Å². The van der Waals surface area contributed by atoms with Crippen molar-refractivity contribution in [3.05, 3.63) is 48.5 Å². The highest BCUT2D eigenvalue weighted by molar-refractivity contribution is 6.16. The number of aromatic nitrogens is 4. The molecule has 0 N–H and O–H groups in total. The number of rotatable bonds is 2.